The standard InChI is InChI=1S/C37H24S/c1-2-10-24(11-3-1)27-20-21-32(31-17-9-8-16-30(27)31)37-35-28-14-6-4-12-25(28)18-22-33(35)38-34-23-19-26-13-5-7-15-29(26)36(34)37/h1-23,37H. The second kappa shape index (κ2) is 8.62. The van der Waals surface area contributed by atoms with Crippen molar-refractivity contribution < 1.29 is 0 Å². The van der Waals surface area contributed by atoms with Crippen LogP contribution >= 0.6 is 11.8 Å². The molecular formula is C37H24S. The van der Waals surface area contributed by atoms with Gasteiger partial charge in [0.1, 0.15) is 0 Å². The van der Waals surface area contributed by atoms with Crippen molar-refractivity contribution in [2.75, 3.05) is 0 Å². The van der Waals surface area contributed by atoms with Crippen LogP contribution in [-0.2, 0) is 0 Å². The highest BCUT2D eigenvalue weighted by molar-refractivity contribution is 7.99. The van der Waals surface area contributed by atoms with E-state index in [-0.39, 0.29) is 5.92 Å². The molecule has 0 N–H and O–H groups in total. The Morgan fingerprint density at radius 3 is 1.55 bits per heavy atom. The quantitative estimate of drug-likeness (QED) is 0.227. The predicted octanol–water partition coefficient (Wildman–Crippen LogP) is 10.5. The van der Waals surface area contributed by atoms with Crippen molar-refractivity contribution in [2.24, 2.45) is 0 Å². The molecule has 0 aliphatic carbocycles. The van der Waals surface area contributed by atoms with E-state index in [0.29, 0.717) is 0 Å². The summed E-state index contributed by atoms with van der Waals surface area (Å²) in [4.78, 5) is 2.71. The van der Waals surface area contributed by atoms with E-state index in [1.807, 2.05) is 11.8 Å². The second-order valence-corrected chi connectivity index (χ2v) is 11.1. The Morgan fingerprint density at radius 1 is 0.395 bits per heavy atom. The molecular weight excluding hydrogens is 476 g/mol. The summed E-state index contributed by atoms with van der Waals surface area (Å²) in [5, 5.41) is 7.91. The van der Waals surface area contributed by atoms with Gasteiger partial charge in [-0.1, -0.05) is 139 Å². The number of benzene rings is 7. The highest BCUT2D eigenvalue weighted by Crippen LogP contribution is 2.54. The van der Waals surface area contributed by atoms with Crippen LogP contribution in [0.25, 0.3) is 43.4 Å². The maximum Gasteiger partial charge on any atom is 0.0380 e. The molecule has 7 aromatic rings. The van der Waals surface area contributed by atoms with Gasteiger partial charge < -0.3 is 0 Å². The van der Waals surface area contributed by atoms with Crippen molar-refractivity contribution in [3.8, 4) is 11.1 Å². The zero-order chi connectivity index (χ0) is 25.1. The third-order valence-corrected chi connectivity index (χ3v) is 9.16. The minimum Gasteiger partial charge on any atom is -0.0894 e. The van der Waals surface area contributed by atoms with E-state index in [4.69, 9.17) is 0 Å². The van der Waals surface area contributed by atoms with Crippen LogP contribution in [-0.4, -0.2) is 0 Å². The fourth-order valence-electron chi connectivity index (χ4n) is 6.34. The van der Waals surface area contributed by atoms with E-state index in [1.165, 1.54) is 69.9 Å². The lowest BCUT2D eigenvalue weighted by Gasteiger charge is -2.32. The van der Waals surface area contributed by atoms with Crippen LogP contribution < -0.4 is 0 Å². The van der Waals surface area contributed by atoms with Gasteiger partial charge in [-0.3, -0.25) is 0 Å². The topological polar surface area (TPSA) is 0 Å². The molecule has 1 aliphatic heterocycles. The minimum atomic E-state index is 0.133. The summed E-state index contributed by atoms with van der Waals surface area (Å²) in [7, 11) is 0. The number of fused-ring (bicyclic) bond motifs is 7. The van der Waals surface area contributed by atoms with E-state index >= 15 is 0 Å². The second-order valence-electron chi connectivity index (χ2n) is 10.0. The number of hydrogen-bond donors (Lipinski definition) is 0. The van der Waals surface area contributed by atoms with Crippen LogP contribution in [0.4, 0.5) is 0 Å². The summed E-state index contributed by atoms with van der Waals surface area (Å²) >= 11 is 1.92. The van der Waals surface area contributed by atoms with Gasteiger partial charge in [-0.05, 0) is 72.3 Å². The van der Waals surface area contributed by atoms with Gasteiger partial charge in [0.2, 0.25) is 0 Å². The third-order valence-electron chi connectivity index (χ3n) is 8.01. The molecule has 0 saturated carbocycles. The van der Waals surface area contributed by atoms with Crippen LogP contribution in [0.3, 0.4) is 0 Å². The molecule has 0 amide bonds. The summed E-state index contributed by atoms with van der Waals surface area (Å²) in [5.41, 5.74) is 6.76. The monoisotopic (exact) mass is 500 g/mol. The number of hydrogen-bond acceptors (Lipinski definition) is 1. The average molecular weight is 501 g/mol. The molecule has 1 heteroatoms. The van der Waals surface area contributed by atoms with Gasteiger partial charge in [-0.2, -0.15) is 0 Å². The Labute approximate surface area is 226 Å². The van der Waals surface area contributed by atoms with Crippen LogP contribution in [0.1, 0.15) is 22.6 Å². The van der Waals surface area contributed by atoms with Gasteiger partial charge >= 0.3 is 0 Å². The number of rotatable bonds is 2. The van der Waals surface area contributed by atoms with Gasteiger partial charge in [0, 0.05) is 15.7 Å². The molecule has 0 bridgehead atoms. The van der Waals surface area contributed by atoms with E-state index in [0.717, 1.165) is 0 Å². The van der Waals surface area contributed by atoms with Gasteiger partial charge in [0.05, 0.1) is 0 Å². The average Bonchev–Trinajstić information content (AvgIpc) is 2.99. The Kier molecular flexibility index (Phi) is 4.93. The normalized spacial score (nSPS) is 13.1. The van der Waals surface area contributed by atoms with Crippen molar-refractivity contribution in [1.29, 1.82) is 0 Å². The molecule has 38 heavy (non-hydrogen) atoms. The van der Waals surface area contributed by atoms with E-state index < -0.39 is 0 Å². The third kappa shape index (κ3) is 3.25. The van der Waals surface area contributed by atoms with Gasteiger partial charge in [0.25, 0.3) is 0 Å². The van der Waals surface area contributed by atoms with Gasteiger partial charge in [0.15, 0.2) is 0 Å². The Morgan fingerprint density at radius 2 is 0.921 bits per heavy atom. The van der Waals surface area contributed by atoms with Crippen molar-refractivity contribution in [2.45, 2.75) is 15.7 Å². The first-order chi connectivity index (χ1) is 18.9. The maximum absolute atomic E-state index is 2.39. The van der Waals surface area contributed by atoms with Crippen molar-refractivity contribution in [3.63, 3.8) is 0 Å². The van der Waals surface area contributed by atoms with Crippen LogP contribution in [0, 0.1) is 0 Å². The first-order valence-electron chi connectivity index (χ1n) is 13.1. The lowest BCUT2D eigenvalue weighted by molar-refractivity contribution is 0.935. The summed E-state index contributed by atoms with van der Waals surface area (Å²) in [6.45, 7) is 0. The molecule has 1 heterocycles. The molecule has 0 spiro atoms. The fraction of sp³-hybridized carbons (Fsp3) is 0.0270. The predicted molar refractivity (Wildman–Crippen MR) is 162 cm³/mol. The zero-order valence-corrected chi connectivity index (χ0v) is 21.6. The first-order valence-corrected chi connectivity index (χ1v) is 14.0. The molecule has 0 atom stereocenters. The summed E-state index contributed by atoms with van der Waals surface area (Å²) in [6.07, 6.45) is 0. The molecule has 0 fully saturated rings. The largest absolute Gasteiger partial charge is 0.0894 e. The fourth-order valence-corrected chi connectivity index (χ4v) is 7.53. The maximum atomic E-state index is 2.39. The van der Waals surface area contributed by atoms with E-state index in [9.17, 15) is 0 Å². The van der Waals surface area contributed by atoms with Gasteiger partial charge in [-0.15, -0.1) is 0 Å². The summed E-state index contributed by atoms with van der Waals surface area (Å²) in [6, 6.07) is 51.4. The molecule has 0 saturated heterocycles. The smallest absolute Gasteiger partial charge is 0.0380 e. The molecule has 0 aromatic heterocycles. The van der Waals surface area contributed by atoms with Crippen LogP contribution in [0.5, 0.6) is 0 Å². The highest BCUT2D eigenvalue weighted by atomic mass is 32.2. The molecule has 7 aromatic carbocycles. The molecule has 178 valence electrons. The van der Waals surface area contributed by atoms with Crippen molar-refractivity contribution >= 4 is 44.1 Å². The molecule has 8 rings (SSSR count). The minimum absolute atomic E-state index is 0.133. The highest BCUT2D eigenvalue weighted by Gasteiger charge is 2.32. The van der Waals surface area contributed by atoms with Crippen molar-refractivity contribution in [1.82, 2.24) is 0 Å². The molecule has 1 aliphatic rings. The Bertz CT molecular complexity index is 1920. The summed E-state index contributed by atoms with van der Waals surface area (Å²) < 4.78 is 0. The van der Waals surface area contributed by atoms with Crippen molar-refractivity contribution in [3.05, 3.63) is 156 Å². The lowest BCUT2D eigenvalue weighted by atomic mass is 9.78. The van der Waals surface area contributed by atoms with E-state index in [1.54, 1.807) is 0 Å². The lowest BCUT2D eigenvalue weighted by Crippen LogP contribution is -2.12. The van der Waals surface area contributed by atoms with E-state index in [2.05, 4.69) is 140 Å². The Balaban J connectivity index is 1.50. The van der Waals surface area contributed by atoms with Crippen LogP contribution in [0.2, 0.25) is 0 Å². The zero-order valence-electron chi connectivity index (χ0n) is 20.8. The van der Waals surface area contributed by atoms with Crippen LogP contribution in [0.15, 0.2) is 149 Å². The van der Waals surface area contributed by atoms with Gasteiger partial charge in [-0.25, -0.2) is 0 Å². The Hall–Kier alpha value is -4.33. The molecule has 0 nitrogen and oxygen atoms in total. The SMILES string of the molecule is c1ccc(-c2ccc(C3c4c(ccc5ccccc45)Sc4ccc5ccccc5c43)c3ccccc23)cc1. The summed E-state index contributed by atoms with van der Waals surface area (Å²) in [5.74, 6) is 0.133. The molecule has 0 radical (unpaired) electrons. The first kappa shape index (κ1) is 21.7. The molecule has 0 unspecified atom stereocenters.